The van der Waals surface area contributed by atoms with Gasteiger partial charge in [-0.2, -0.15) is 0 Å². The first-order valence-corrected chi connectivity index (χ1v) is 5.81. The van der Waals surface area contributed by atoms with Gasteiger partial charge in [0.2, 0.25) is 11.6 Å². The molecule has 0 saturated carbocycles. The lowest BCUT2D eigenvalue weighted by Crippen LogP contribution is -2.37. The van der Waals surface area contributed by atoms with E-state index in [1.165, 1.54) is 0 Å². The molecule has 0 N–H and O–H groups in total. The molecule has 0 heterocycles. The number of carbonyl (C=O) groups is 2. The molecule has 0 aliphatic heterocycles. The van der Waals surface area contributed by atoms with Crippen molar-refractivity contribution < 1.29 is 9.59 Å². The Labute approximate surface area is 98.1 Å². The molecule has 0 radical (unpaired) electrons. The highest BCUT2D eigenvalue weighted by molar-refractivity contribution is 6.39. The predicted octanol–water partition coefficient (Wildman–Crippen LogP) is 3.16. The lowest BCUT2D eigenvalue weighted by Gasteiger charge is -2.34. The highest BCUT2D eigenvalue weighted by Gasteiger charge is 2.38. The van der Waals surface area contributed by atoms with Crippen LogP contribution in [0, 0.1) is 16.7 Å². The summed E-state index contributed by atoms with van der Waals surface area (Å²) in [6.45, 7) is 12.3. The van der Waals surface area contributed by atoms with Gasteiger partial charge in [0.25, 0.3) is 0 Å². The van der Waals surface area contributed by atoms with Crippen LogP contribution in [0.4, 0.5) is 0 Å². The number of carbonyl (C=O) groups excluding carboxylic acids is 2. The lowest BCUT2D eigenvalue weighted by molar-refractivity contribution is -0.140. The molecule has 2 nitrogen and oxygen atoms in total. The quantitative estimate of drug-likeness (QED) is 0.466. The molecule has 0 aromatic rings. The van der Waals surface area contributed by atoms with Gasteiger partial charge in [-0.05, 0) is 10.8 Å². The topological polar surface area (TPSA) is 34.1 Å². The van der Waals surface area contributed by atoms with E-state index in [4.69, 9.17) is 0 Å². The first-order valence-electron chi connectivity index (χ1n) is 5.81. The van der Waals surface area contributed by atoms with Crippen LogP contribution < -0.4 is 0 Å². The maximum absolute atomic E-state index is 11.9. The third-order valence-corrected chi connectivity index (χ3v) is 3.17. The zero-order valence-corrected chi connectivity index (χ0v) is 11.2. The van der Waals surface area contributed by atoms with Gasteiger partial charge in [-0.25, -0.2) is 0 Å². The molecule has 90 valence electrons. The van der Waals surface area contributed by atoms with Crippen molar-refractivity contribution >= 4 is 11.6 Å². The van der Waals surface area contributed by atoms with Gasteiger partial charge in [0.15, 0.2) is 0 Å². The van der Waals surface area contributed by atoms with Crippen LogP contribution in [0.3, 0.4) is 0 Å². The Morgan fingerprint density at radius 1 is 1.06 bits per heavy atom. The van der Waals surface area contributed by atoms with Gasteiger partial charge in [-0.3, -0.25) is 9.59 Å². The van der Waals surface area contributed by atoms with Crippen molar-refractivity contribution in [2.75, 3.05) is 0 Å². The zero-order chi connectivity index (χ0) is 12.7. The second-order valence-corrected chi connectivity index (χ2v) is 6.75. The van der Waals surface area contributed by atoms with Crippen molar-refractivity contribution in [1.29, 1.82) is 0 Å². The van der Waals surface area contributed by atoms with Crippen molar-refractivity contribution in [3.63, 3.8) is 0 Å². The minimum absolute atomic E-state index is 0.0279. The molecule has 0 saturated heterocycles. The molecular weight excluding hydrogens is 200 g/mol. The highest BCUT2D eigenvalue weighted by Crippen LogP contribution is 2.38. The van der Waals surface area contributed by atoms with Gasteiger partial charge < -0.3 is 0 Å². The van der Waals surface area contributed by atoms with Gasteiger partial charge in [0.05, 0.1) is 0 Å². The molecule has 0 amide bonds. The first kappa shape index (κ1) is 13.1. The van der Waals surface area contributed by atoms with Crippen LogP contribution in [0.25, 0.3) is 0 Å². The SMILES string of the molecule is CC(C)(C)C1=CC(C(C)(C)C)C(=O)C(=O)C1. The van der Waals surface area contributed by atoms with Crippen molar-refractivity contribution in [2.45, 2.75) is 48.0 Å². The molecule has 0 bridgehead atoms. The summed E-state index contributed by atoms with van der Waals surface area (Å²) in [7, 11) is 0. The van der Waals surface area contributed by atoms with Gasteiger partial charge in [0, 0.05) is 12.3 Å². The second kappa shape index (κ2) is 3.83. The summed E-state index contributed by atoms with van der Waals surface area (Å²) in [5, 5.41) is 0. The average molecular weight is 222 g/mol. The van der Waals surface area contributed by atoms with E-state index in [0.717, 1.165) is 5.57 Å². The fourth-order valence-corrected chi connectivity index (χ4v) is 1.93. The third-order valence-electron chi connectivity index (χ3n) is 3.17. The van der Waals surface area contributed by atoms with Crippen molar-refractivity contribution in [3.8, 4) is 0 Å². The van der Waals surface area contributed by atoms with Crippen LogP contribution in [0.1, 0.15) is 48.0 Å². The molecule has 0 aromatic carbocycles. The predicted molar refractivity (Wildman–Crippen MR) is 65.1 cm³/mol. The molecule has 1 aliphatic rings. The Kier molecular flexibility index (Phi) is 3.15. The fraction of sp³-hybridized carbons (Fsp3) is 0.714. The van der Waals surface area contributed by atoms with E-state index in [1.807, 2.05) is 26.8 Å². The summed E-state index contributed by atoms with van der Waals surface area (Å²) in [6.07, 6.45) is 2.32. The number of allylic oxidation sites excluding steroid dienone is 2. The smallest absolute Gasteiger partial charge is 0.206 e. The average Bonchev–Trinajstić information content (AvgIpc) is 2.05. The number of Topliss-reactive ketones (excluding diaryl/α,β-unsaturated/α-hetero) is 2. The lowest BCUT2D eigenvalue weighted by atomic mass is 9.69. The molecule has 2 heteroatoms. The van der Waals surface area contributed by atoms with Crippen LogP contribution >= 0.6 is 0 Å². The van der Waals surface area contributed by atoms with Crippen LogP contribution in [-0.2, 0) is 9.59 Å². The van der Waals surface area contributed by atoms with E-state index in [0.29, 0.717) is 6.42 Å². The van der Waals surface area contributed by atoms with E-state index < -0.39 is 0 Å². The summed E-state index contributed by atoms with van der Waals surface area (Å²) < 4.78 is 0. The second-order valence-electron chi connectivity index (χ2n) is 6.75. The summed E-state index contributed by atoms with van der Waals surface area (Å²) in [5.74, 6) is -0.712. The molecule has 0 spiro atoms. The molecule has 0 aromatic heterocycles. The number of ketones is 2. The third kappa shape index (κ3) is 2.60. The Bertz CT molecular complexity index is 348. The van der Waals surface area contributed by atoms with E-state index in [1.54, 1.807) is 0 Å². The van der Waals surface area contributed by atoms with Crippen molar-refractivity contribution in [3.05, 3.63) is 11.6 Å². The summed E-state index contributed by atoms with van der Waals surface area (Å²) in [5.41, 5.74) is 0.890. The van der Waals surface area contributed by atoms with E-state index in [-0.39, 0.29) is 28.3 Å². The molecule has 1 aliphatic carbocycles. The molecular formula is C14H22O2. The summed E-state index contributed by atoms with van der Waals surface area (Å²) in [4.78, 5) is 23.6. The van der Waals surface area contributed by atoms with E-state index in [9.17, 15) is 9.59 Å². The van der Waals surface area contributed by atoms with Gasteiger partial charge in [0.1, 0.15) is 0 Å². The van der Waals surface area contributed by atoms with Crippen molar-refractivity contribution in [2.24, 2.45) is 16.7 Å². The van der Waals surface area contributed by atoms with E-state index >= 15 is 0 Å². The number of hydrogen-bond donors (Lipinski definition) is 0. The minimum Gasteiger partial charge on any atom is -0.291 e. The Morgan fingerprint density at radius 3 is 1.94 bits per heavy atom. The van der Waals surface area contributed by atoms with Crippen LogP contribution in [0.15, 0.2) is 11.6 Å². The summed E-state index contributed by atoms with van der Waals surface area (Å²) in [6, 6.07) is 0. The molecule has 16 heavy (non-hydrogen) atoms. The zero-order valence-electron chi connectivity index (χ0n) is 11.2. The maximum Gasteiger partial charge on any atom is 0.206 e. The Balaban J connectivity index is 3.17. The normalized spacial score (nSPS) is 23.4. The molecule has 0 fully saturated rings. The maximum atomic E-state index is 11.9. The van der Waals surface area contributed by atoms with Crippen LogP contribution in [-0.4, -0.2) is 11.6 Å². The Hall–Kier alpha value is -0.920. The van der Waals surface area contributed by atoms with Crippen LogP contribution in [0.5, 0.6) is 0 Å². The summed E-state index contributed by atoms with van der Waals surface area (Å²) >= 11 is 0. The van der Waals surface area contributed by atoms with Gasteiger partial charge >= 0.3 is 0 Å². The van der Waals surface area contributed by atoms with Crippen LogP contribution in [0.2, 0.25) is 0 Å². The number of rotatable bonds is 0. The molecule has 1 rings (SSSR count). The van der Waals surface area contributed by atoms with Crippen molar-refractivity contribution in [1.82, 2.24) is 0 Å². The Morgan fingerprint density at radius 2 is 1.56 bits per heavy atom. The highest BCUT2D eigenvalue weighted by atomic mass is 16.2. The molecule has 1 atom stereocenters. The van der Waals surface area contributed by atoms with E-state index in [2.05, 4.69) is 20.8 Å². The standard InChI is InChI=1S/C14H22O2/c1-13(2,3)9-7-10(14(4,5)6)12(16)11(15)8-9/h7,10H,8H2,1-6H3. The largest absolute Gasteiger partial charge is 0.291 e. The monoisotopic (exact) mass is 222 g/mol. The fourth-order valence-electron chi connectivity index (χ4n) is 1.93. The first-order chi connectivity index (χ1) is 7.03. The number of hydrogen-bond acceptors (Lipinski definition) is 2. The molecule has 1 unspecified atom stereocenters. The van der Waals surface area contributed by atoms with Gasteiger partial charge in [-0.15, -0.1) is 0 Å². The minimum atomic E-state index is -0.261. The van der Waals surface area contributed by atoms with Gasteiger partial charge in [-0.1, -0.05) is 53.2 Å².